The second-order valence-electron chi connectivity index (χ2n) is 4.67. The molecular formula is C10H18FN. The van der Waals surface area contributed by atoms with Crippen LogP contribution in [0.25, 0.3) is 0 Å². The van der Waals surface area contributed by atoms with Crippen LogP contribution in [0.2, 0.25) is 0 Å². The van der Waals surface area contributed by atoms with E-state index in [-0.39, 0.29) is 6.04 Å². The van der Waals surface area contributed by atoms with Gasteiger partial charge in [0.2, 0.25) is 0 Å². The Labute approximate surface area is 73.5 Å². The lowest BCUT2D eigenvalue weighted by atomic mass is 9.72. The van der Waals surface area contributed by atoms with E-state index in [1.54, 1.807) is 0 Å². The van der Waals surface area contributed by atoms with Gasteiger partial charge in [0.05, 0.1) is 0 Å². The molecule has 0 amide bonds. The average molecular weight is 171 g/mol. The molecule has 0 heterocycles. The van der Waals surface area contributed by atoms with Gasteiger partial charge in [-0.2, -0.15) is 0 Å². The summed E-state index contributed by atoms with van der Waals surface area (Å²) in [4.78, 5) is 0. The highest BCUT2D eigenvalue weighted by atomic mass is 19.1. The Morgan fingerprint density at radius 2 is 1.83 bits per heavy atom. The van der Waals surface area contributed by atoms with Crippen LogP contribution in [-0.2, 0) is 0 Å². The first-order valence-corrected chi connectivity index (χ1v) is 5.12. The number of rotatable bonds is 2. The third-order valence-electron chi connectivity index (χ3n) is 3.39. The van der Waals surface area contributed by atoms with Crippen LogP contribution in [0, 0.1) is 5.92 Å². The zero-order chi connectivity index (χ0) is 8.60. The number of alkyl halides is 1. The van der Waals surface area contributed by atoms with Crippen molar-refractivity contribution in [3.63, 3.8) is 0 Å². The minimum atomic E-state index is -0.867. The Morgan fingerprint density at radius 3 is 2.33 bits per heavy atom. The summed E-state index contributed by atoms with van der Waals surface area (Å²) in [5.74, 6) is 0.669. The van der Waals surface area contributed by atoms with Crippen LogP contribution in [0.5, 0.6) is 0 Å². The molecule has 2 aliphatic rings. The van der Waals surface area contributed by atoms with Gasteiger partial charge in [-0.3, -0.25) is 0 Å². The largest absolute Gasteiger partial charge is 0.327 e. The fraction of sp³-hybridized carbons (Fsp3) is 1.00. The standard InChI is InChI=1S/C10H18FN/c11-10(6-9(12)7-10)5-8-3-1-2-4-8/h8-9H,1-7,12H2. The third kappa shape index (κ3) is 1.63. The molecule has 0 spiro atoms. The highest BCUT2D eigenvalue weighted by Crippen LogP contribution is 2.43. The van der Waals surface area contributed by atoms with Gasteiger partial charge < -0.3 is 5.73 Å². The van der Waals surface area contributed by atoms with Gasteiger partial charge in [-0.15, -0.1) is 0 Å². The molecule has 2 N–H and O–H groups in total. The zero-order valence-corrected chi connectivity index (χ0v) is 7.56. The number of halogens is 1. The maximum Gasteiger partial charge on any atom is 0.114 e. The molecule has 0 radical (unpaired) electrons. The monoisotopic (exact) mass is 171 g/mol. The predicted molar refractivity (Wildman–Crippen MR) is 47.6 cm³/mol. The molecule has 0 atom stereocenters. The van der Waals surface area contributed by atoms with Crippen molar-refractivity contribution in [1.29, 1.82) is 0 Å². The molecule has 2 saturated carbocycles. The second kappa shape index (κ2) is 2.99. The molecule has 0 aromatic rings. The molecule has 2 aliphatic carbocycles. The Hall–Kier alpha value is -0.110. The van der Waals surface area contributed by atoms with Crippen LogP contribution in [-0.4, -0.2) is 11.7 Å². The summed E-state index contributed by atoms with van der Waals surface area (Å²) in [6.45, 7) is 0. The normalized spacial score (nSPS) is 43.0. The summed E-state index contributed by atoms with van der Waals surface area (Å²) < 4.78 is 13.7. The van der Waals surface area contributed by atoms with Crippen LogP contribution in [0.4, 0.5) is 4.39 Å². The molecule has 0 bridgehead atoms. The maximum absolute atomic E-state index is 13.7. The minimum absolute atomic E-state index is 0.149. The summed E-state index contributed by atoms with van der Waals surface area (Å²) in [5.41, 5.74) is 4.72. The van der Waals surface area contributed by atoms with Crippen molar-refractivity contribution in [2.75, 3.05) is 0 Å². The Kier molecular flexibility index (Phi) is 2.11. The van der Waals surface area contributed by atoms with Gasteiger partial charge in [-0.1, -0.05) is 25.7 Å². The lowest BCUT2D eigenvalue weighted by Crippen LogP contribution is -2.49. The fourth-order valence-electron chi connectivity index (χ4n) is 2.78. The maximum atomic E-state index is 13.7. The van der Waals surface area contributed by atoms with Crippen molar-refractivity contribution in [3.8, 4) is 0 Å². The van der Waals surface area contributed by atoms with Crippen molar-refractivity contribution in [1.82, 2.24) is 0 Å². The van der Waals surface area contributed by atoms with E-state index < -0.39 is 5.67 Å². The topological polar surface area (TPSA) is 26.0 Å². The van der Waals surface area contributed by atoms with Gasteiger partial charge in [-0.25, -0.2) is 4.39 Å². The molecule has 2 heteroatoms. The molecule has 2 fully saturated rings. The van der Waals surface area contributed by atoms with Crippen LogP contribution < -0.4 is 5.73 Å². The number of nitrogens with two attached hydrogens (primary N) is 1. The first-order chi connectivity index (χ1) is 5.68. The van der Waals surface area contributed by atoms with Gasteiger partial charge in [0.25, 0.3) is 0 Å². The van der Waals surface area contributed by atoms with Gasteiger partial charge >= 0.3 is 0 Å². The second-order valence-corrected chi connectivity index (χ2v) is 4.67. The Morgan fingerprint density at radius 1 is 1.25 bits per heavy atom. The van der Waals surface area contributed by atoms with Gasteiger partial charge in [-0.05, 0) is 25.2 Å². The SMILES string of the molecule is NC1CC(F)(CC2CCCC2)C1. The van der Waals surface area contributed by atoms with Crippen LogP contribution in [0.15, 0.2) is 0 Å². The van der Waals surface area contributed by atoms with E-state index in [0.29, 0.717) is 18.8 Å². The Bertz CT molecular complexity index is 157. The number of hydrogen-bond donors (Lipinski definition) is 1. The smallest absolute Gasteiger partial charge is 0.114 e. The quantitative estimate of drug-likeness (QED) is 0.678. The van der Waals surface area contributed by atoms with Gasteiger partial charge in [0, 0.05) is 6.04 Å². The molecule has 0 unspecified atom stereocenters. The predicted octanol–water partition coefficient (Wildman–Crippen LogP) is 2.40. The Balaban J connectivity index is 1.78. The van der Waals surface area contributed by atoms with E-state index in [0.717, 1.165) is 6.42 Å². The lowest BCUT2D eigenvalue weighted by Gasteiger charge is -2.40. The lowest BCUT2D eigenvalue weighted by molar-refractivity contribution is 0.0193. The van der Waals surface area contributed by atoms with Crippen molar-refractivity contribution in [2.45, 2.75) is 56.7 Å². The van der Waals surface area contributed by atoms with Crippen LogP contribution in [0.1, 0.15) is 44.9 Å². The summed E-state index contributed by atoms with van der Waals surface area (Å²) in [6.07, 6.45) is 7.15. The molecular weight excluding hydrogens is 153 g/mol. The van der Waals surface area contributed by atoms with E-state index in [1.807, 2.05) is 0 Å². The van der Waals surface area contributed by atoms with Crippen LogP contribution in [0.3, 0.4) is 0 Å². The van der Waals surface area contributed by atoms with Crippen molar-refractivity contribution >= 4 is 0 Å². The van der Waals surface area contributed by atoms with E-state index in [9.17, 15) is 4.39 Å². The molecule has 2 rings (SSSR count). The first kappa shape index (κ1) is 8.49. The van der Waals surface area contributed by atoms with E-state index in [2.05, 4.69) is 0 Å². The first-order valence-electron chi connectivity index (χ1n) is 5.12. The summed E-state index contributed by atoms with van der Waals surface area (Å²) in [6, 6.07) is 0.149. The molecule has 70 valence electrons. The molecule has 12 heavy (non-hydrogen) atoms. The summed E-state index contributed by atoms with van der Waals surface area (Å²) in [7, 11) is 0. The van der Waals surface area contributed by atoms with Crippen molar-refractivity contribution < 1.29 is 4.39 Å². The van der Waals surface area contributed by atoms with Gasteiger partial charge in [0.1, 0.15) is 5.67 Å². The highest BCUT2D eigenvalue weighted by molar-refractivity contribution is 4.98. The van der Waals surface area contributed by atoms with E-state index in [1.165, 1.54) is 25.7 Å². The summed E-state index contributed by atoms with van der Waals surface area (Å²) >= 11 is 0. The molecule has 0 aliphatic heterocycles. The fourth-order valence-corrected chi connectivity index (χ4v) is 2.78. The molecule has 1 nitrogen and oxygen atoms in total. The molecule has 0 saturated heterocycles. The molecule has 0 aromatic heterocycles. The molecule has 0 aromatic carbocycles. The number of hydrogen-bond acceptors (Lipinski definition) is 1. The van der Waals surface area contributed by atoms with Gasteiger partial charge in [0.15, 0.2) is 0 Å². The minimum Gasteiger partial charge on any atom is -0.327 e. The van der Waals surface area contributed by atoms with E-state index >= 15 is 0 Å². The van der Waals surface area contributed by atoms with Crippen molar-refractivity contribution in [2.24, 2.45) is 11.7 Å². The summed E-state index contributed by atoms with van der Waals surface area (Å²) in [5, 5.41) is 0. The van der Waals surface area contributed by atoms with Crippen molar-refractivity contribution in [3.05, 3.63) is 0 Å². The third-order valence-corrected chi connectivity index (χ3v) is 3.39. The zero-order valence-electron chi connectivity index (χ0n) is 7.56. The van der Waals surface area contributed by atoms with Crippen LogP contribution >= 0.6 is 0 Å². The average Bonchev–Trinajstić information content (AvgIpc) is 2.36. The van der Waals surface area contributed by atoms with E-state index in [4.69, 9.17) is 5.73 Å². The highest BCUT2D eigenvalue weighted by Gasteiger charge is 2.44.